The summed E-state index contributed by atoms with van der Waals surface area (Å²) in [4.78, 5) is 13.8. The molecule has 5 fully saturated rings. The molecular weight excluding hydrogens is 524 g/mol. The maximum absolute atomic E-state index is 13.8. The zero-order valence-corrected chi connectivity index (χ0v) is 26.3. The Labute approximate surface area is 245 Å². The summed E-state index contributed by atoms with van der Waals surface area (Å²) in [7, 11) is 0. The maximum Gasteiger partial charge on any atom is 0.164 e. The molecule has 8 nitrogen and oxygen atoms in total. The average molecular weight is 577 g/mol. The summed E-state index contributed by atoms with van der Waals surface area (Å²) < 4.78 is 25.7. The van der Waals surface area contributed by atoms with Crippen molar-refractivity contribution in [3.63, 3.8) is 0 Å². The number of rotatable bonds is 5. The van der Waals surface area contributed by atoms with Crippen molar-refractivity contribution in [1.82, 2.24) is 0 Å². The second-order valence-corrected chi connectivity index (χ2v) is 16.2. The zero-order chi connectivity index (χ0) is 30.0. The van der Waals surface area contributed by atoms with Gasteiger partial charge >= 0.3 is 0 Å². The van der Waals surface area contributed by atoms with Gasteiger partial charge in [0.1, 0.15) is 0 Å². The van der Waals surface area contributed by atoms with Crippen LogP contribution in [0.4, 0.5) is 0 Å². The van der Waals surface area contributed by atoms with Crippen LogP contribution in [0, 0.1) is 28.6 Å². The Kier molecular flexibility index (Phi) is 6.69. The van der Waals surface area contributed by atoms with Crippen molar-refractivity contribution >= 4 is 5.78 Å². The van der Waals surface area contributed by atoms with Crippen molar-refractivity contribution in [3.8, 4) is 0 Å². The molecule has 0 bridgehead atoms. The summed E-state index contributed by atoms with van der Waals surface area (Å²) in [5, 5.41) is 33.0. The molecule has 0 amide bonds. The van der Waals surface area contributed by atoms with Crippen molar-refractivity contribution in [2.75, 3.05) is 6.61 Å². The van der Waals surface area contributed by atoms with Crippen LogP contribution in [0.25, 0.3) is 0 Å². The number of aliphatic hydroxyl groups excluding tert-OH is 1. The van der Waals surface area contributed by atoms with Gasteiger partial charge in [0.05, 0.1) is 41.7 Å². The van der Waals surface area contributed by atoms with E-state index in [1.807, 2.05) is 33.8 Å². The third-order valence-corrected chi connectivity index (χ3v) is 12.5. The molecule has 232 valence electrons. The van der Waals surface area contributed by atoms with Crippen LogP contribution in [0.15, 0.2) is 11.6 Å². The van der Waals surface area contributed by atoms with Gasteiger partial charge in [-0.15, -0.1) is 0 Å². The smallest absolute Gasteiger partial charge is 0.164 e. The molecule has 3 saturated carbocycles. The second-order valence-electron chi connectivity index (χ2n) is 16.2. The Morgan fingerprint density at radius 2 is 1.63 bits per heavy atom. The maximum atomic E-state index is 13.8. The van der Waals surface area contributed by atoms with E-state index in [2.05, 4.69) is 20.8 Å². The van der Waals surface area contributed by atoms with E-state index < -0.39 is 33.8 Å². The fourth-order valence-corrected chi connectivity index (χ4v) is 10.5. The molecule has 3 N–H and O–H groups in total. The Morgan fingerprint density at radius 3 is 2.32 bits per heavy atom. The fraction of sp³-hybridized carbons (Fsp3) is 0.909. The number of carbonyl (C=O) groups excluding carboxylic acids is 1. The standard InChI is InChI=1S/C33H52O8/c1-27(2)38-23-16-21-22(35)15-20-19(30(21,6)17-24(23)39-27)9-13-31(7)25(10-14-33(20,31)37)32(8)26(40-28(3,4)41-32)11-12-29(5,36)18-34/h15,19,21,23-26,34,36-37H,9-14,16-18H2,1-8H3/t19-,21-,23+,24-,25-,26+,29?,30+,31+,32+,33+/m0/s1. The van der Waals surface area contributed by atoms with Gasteiger partial charge in [0.25, 0.3) is 0 Å². The Balaban J connectivity index is 1.32. The van der Waals surface area contributed by atoms with Gasteiger partial charge in [0.2, 0.25) is 0 Å². The van der Waals surface area contributed by atoms with Crippen LogP contribution in [0.3, 0.4) is 0 Å². The predicted octanol–water partition coefficient (Wildman–Crippen LogP) is 4.42. The first kappa shape index (κ1) is 30.2. The highest BCUT2D eigenvalue weighted by Crippen LogP contribution is 2.70. The summed E-state index contributed by atoms with van der Waals surface area (Å²) in [5.41, 5.74) is -2.91. The van der Waals surface area contributed by atoms with Gasteiger partial charge in [-0.05, 0) is 122 Å². The molecule has 6 aliphatic rings. The van der Waals surface area contributed by atoms with Crippen LogP contribution in [-0.4, -0.2) is 74.4 Å². The first-order chi connectivity index (χ1) is 18.8. The van der Waals surface area contributed by atoms with E-state index >= 15 is 0 Å². The quantitative estimate of drug-likeness (QED) is 0.441. The van der Waals surface area contributed by atoms with Gasteiger partial charge in [0, 0.05) is 11.3 Å². The molecule has 6 rings (SSSR count). The second kappa shape index (κ2) is 9.09. The molecular formula is C33H52O8. The van der Waals surface area contributed by atoms with E-state index in [0.717, 1.165) is 31.3 Å². The minimum absolute atomic E-state index is 0.0172. The monoisotopic (exact) mass is 576 g/mol. The van der Waals surface area contributed by atoms with E-state index in [9.17, 15) is 20.1 Å². The number of ether oxygens (including phenoxy) is 4. The summed E-state index contributed by atoms with van der Waals surface area (Å²) in [5.74, 6) is -1.38. The summed E-state index contributed by atoms with van der Waals surface area (Å²) in [6.45, 7) is 15.6. The van der Waals surface area contributed by atoms with Crippen molar-refractivity contribution in [3.05, 3.63) is 11.6 Å². The molecule has 0 aromatic carbocycles. The minimum atomic E-state index is -1.20. The van der Waals surface area contributed by atoms with Crippen molar-refractivity contribution in [2.24, 2.45) is 28.6 Å². The van der Waals surface area contributed by atoms with Crippen molar-refractivity contribution < 1.29 is 39.1 Å². The lowest BCUT2D eigenvalue weighted by atomic mass is 9.45. The number of ketones is 1. The molecule has 2 aliphatic heterocycles. The third-order valence-electron chi connectivity index (χ3n) is 12.5. The number of allylic oxidation sites excluding steroid dienone is 1. The molecule has 8 heteroatoms. The molecule has 1 unspecified atom stereocenters. The lowest BCUT2D eigenvalue weighted by Gasteiger charge is -2.60. The molecule has 41 heavy (non-hydrogen) atoms. The molecule has 0 aromatic heterocycles. The first-order valence-corrected chi connectivity index (χ1v) is 15.8. The van der Waals surface area contributed by atoms with Crippen molar-refractivity contribution in [2.45, 2.75) is 153 Å². The predicted molar refractivity (Wildman–Crippen MR) is 152 cm³/mol. The van der Waals surface area contributed by atoms with Gasteiger partial charge in [-0.3, -0.25) is 4.79 Å². The molecule has 2 saturated heterocycles. The molecule has 4 aliphatic carbocycles. The van der Waals surface area contributed by atoms with Gasteiger partial charge in [-0.2, -0.15) is 0 Å². The largest absolute Gasteiger partial charge is 0.393 e. The fourth-order valence-electron chi connectivity index (χ4n) is 10.5. The summed E-state index contributed by atoms with van der Waals surface area (Å²) in [6.07, 6.45) is 6.77. The minimum Gasteiger partial charge on any atom is -0.393 e. The summed E-state index contributed by atoms with van der Waals surface area (Å²) >= 11 is 0. The number of hydrogen-bond acceptors (Lipinski definition) is 8. The lowest BCUT2D eigenvalue weighted by Crippen LogP contribution is -2.62. The molecule has 0 radical (unpaired) electrons. The molecule has 2 heterocycles. The Morgan fingerprint density at radius 1 is 0.951 bits per heavy atom. The van der Waals surface area contributed by atoms with Gasteiger partial charge in [0.15, 0.2) is 17.4 Å². The third kappa shape index (κ3) is 4.37. The van der Waals surface area contributed by atoms with Gasteiger partial charge in [-0.25, -0.2) is 0 Å². The highest BCUT2D eigenvalue weighted by Gasteiger charge is 2.71. The highest BCUT2D eigenvalue weighted by atomic mass is 16.8. The Bertz CT molecular complexity index is 1130. The Hall–Kier alpha value is -0.870. The number of carbonyl (C=O) groups is 1. The van der Waals surface area contributed by atoms with Crippen LogP contribution >= 0.6 is 0 Å². The van der Waals surface area contributed by atoms with E-state index in [0.29, 0.717) is 25.7 Å². The molecule has 0 spiro atoms. The van der Waals surface area contributed by atoms with Crippen LogP contribution in [-0.2, 0) is 23.7 Å². The number of fused-ring (bicyclic) bond motifs is 6. The van der Waals surface area contributed by atoms with Crippen LogP contribution in [0.1, 0.15) is 107 Å². The average Bonchev–Trinajstić information content (AvgIpc) is 3.40. The van der Waals surface area contributed by atoms with Crippen LogP contribution < -0.4 is 0 Å². The lowest BCUT2D eigenvalue weighted by molar-refractivity contribution is -0.190. The normalized spacial score (nSPS) is 51.3. The van der Waals surface area contributed by atoms with Crippen molar-refractivity contribution in [1.29, 1.82) is 0 Å². The number of aliphatic hydroxyl groups is 3. The summed E-state index contributed by atoms with van der Waals surface area (Å²) in [6, 6.07) is 0. The van der Waals surface area contributed by atoms with Crippen LogP contribution in [0.5, 0.6) is 0 Å². The van der Waals surface area contributed by atoms with Crippen LogP contribution in [0.2, 0.25) is 0 Å². The highest BCUT2D eigenvalue weighted by molar-refractivity contribution is 5.95. The van der Waals surface area contributed by atoms with E-state index in [1.165, 1.54) is 0 Å². The molecule has 0 aromatic rings. The first-order valence-electron chi connectivity index (χ1n) is 15.8. The van der Waals surface area contributed by atoms with E-state index in [1.54, 1.807) is 6.92 Å². The van der Waals surface area contributed by atoms with E-state index in [-0.39, 0.29) is 53.9 Å². The number of hydrogen-bond donors (Lipinski definition) is 3. The van der Waals surface area contributed by atoms with E-state index in [4.69, 9.17) is 18.9 Å². The van der Waals surface area contributed by atoms with Gasteiger partial charge < -0.3 is 34.3 Å². The van der Waals surface area contributed by atoms with Gasteiger partial charge in [-0.1, -0.05) is 13.8 Å². The SMILES string of the molecule is CC(O)(CO)CC[C@H]1OC(C)(C)O[C@]1(C)[C@H]1CC[C@@]2(O)C3=CC(=O)[C@@H]4C[C@H]5OC(C)(C)O[C@H]5C[C@]4(C)[C@H]3CC[C@]12C. The molecule has 11 atom stereocenters. The zero-order valence-electron chi connectivity index (χ0n) is 26.3. The topological polar surface area (TPSA) is 115 Å².